The van der Waals surface area contributed by atoms with Gasteiger partial charge in [0, 0.05) is 21.0 Å². The van der Waals surface area contributed by atoms with E-state index in [9.17, 15) is 0 Å². The van der Waals surface area contributed by atoms with E-state index in [1.165, 1.54) is 11.1 Å². The molecule has 0 aliphatic carbocycles. The molecule has 2 aromatic rings. The second-order valence-corrected chi connectivity index (χ2v) is 6.63. The Morgan fingerprint density at radius 3 is 1.40 bits per heavy atom. The highest BCUT2D eigenvalue weighted by atomic mass is 79.9. The molecule has 0 unspecified atom stereocenters. The van der Waals surface area contributed by atoms with Crippen LogP contribution < -0.4 is 11.5 Å². The van der Waals surface area contributed by atoms with Crippen molar-refractivity contribution < 1.29 is 0 Å². The molecule has 2 atom stereocenters. The molecule has 2 aromatic carbocycles. The molecule has 0 saturated carbocycles. The molecule has 0 fully saturated rings. The molecule has 0 heterocycles. The molecule has 2 nitrogen and oxygen atoms in total. The van der Waals surface area contributed by atoms with E-state index in [2.05, 4.69) is 44.0 Å². The number of benzene rings is 2. The Labute approximate surface area is 136 Å². The van der Waals surface area contributed by atoms with Gasteiger partial charge < -0.3 is 11.5 Å². The highest BCUT2D eigenvalue weighted by Crippen LogP contribution is 2.20. The van der Waals surface area contributed by atoms with E-state index in [1.54, 1.807) is 0 Å². The molecule has 0 aromatic heterocycles. The number of hydrogen-bond acceptors (Lipinski definition) is 2. The summed E-state index contributed by atoms with van der Waals surface area (Å²) in [4.78, 5) is 0. The average Bonchev–Trinajstić information content (AvgIpc) is 2.43. The third kappa shape index (κ3) is 4.16. The van der Waals surface area contributed by atoms with Gasteiger partial charge in [-0.1, -0.05) is 68.3 Å². The number of nitrogens with two attached hydrogens (primary N) is 2. The minimum absolute atomic E-state index is 0.0687. The van der Waals surface area contributed by atoms with Gasteiger partial charge in [0.1, 0.15) is 0 Å². The van der Waals surface area contributed by atoms with Crippen molar-refractivity contribution >= 4 is 31.9 Å². The summed E-state index contributed by atoms with van der Waals surface area (Å²) >= 11 is 7.10. The van der Waals surface area contributed by atoms with Crippen LogP contribution in [0.2, 0.25) is 0 Å². The van der Waals surface area contributed by atoms with Gasteiger partial charge in [-0.05, 0) is 36.1 Å². The molecule has 0 spiro atoms. The predicted molar refractivity (Wildman–Crippen MR) is 91.6 cm³/mol. The SMILES string of the molecule is N[C@@H](Cc1ccccc1Br)[C@@H](N)Cc1ccccc1Br. The summed E-state index contributed by atoms with van der Waals surface area (Å²) in [5, 5.41) is 0. The van der Waals surface area contributed by atoms with Crippen molar-refractivity contribution in [2.24, 2.45) is 11.5 Å². The first kappa shape index (κ1) is 15.7. The first-order chi connectivity index (χ1) is 9.58. The van der Waals surface area contributed by atoms with Crippen LogP contribution in [0.15, 0.2) is 57.5 Å². The van der Waals surface area contributed by atoms with Gasteiger partial charge >= 0.3 is 0 Å². The first-order valence-electron chi connectivity index (χ1n) is 6.56. The summed E-state index contributed by atoms with van der Waals surface area (Å²) in [6, 6.07) is 16.1. The van der Waals surface area contributed by atoms with Crippen LogP contribution in [-0.4, -0.2) is 12.1 Å². The highest BCUT2D eigenvalue weighted by molar-refractivity contribution is 9.10. The molecule has 20 heavy (non-hydrogen) atoms. The maximum absolute atomic E-state index is 6.25. The van der Waals surface area contributed by atoms with Crippen LogP contribution in [0, 0.1) is 0 Å². The molecule has 2 rings (SSSR count). The summed E-state index contributed by atoms with van der Waals surface area (Å²) in [5.74, 6) is 0. The molecule has 106 valence electrons. The third-order valence-corrected chi connectivity index (χ3v) is 4.92. The molecular formula is C16H18Br2N2. The number of halogens is 2. The van der Waals surface area contributed by atoms with Crippen molar-refractivity contribution in [2.75, 3.05) is 0 Å². The lowest BCUT2D eigenvalue weighted by Crippen LogP contribution is -2.44. The average molecular weight is 398 g/mol. The van der Waals surface area contributed by atoms with E-state index in [1.807, 2.05) is 36.4 Å². The topological polar surface area (TPSA) is 52.0 Å². The van der Waals surface area contributed by atoms with Gasteiger partial charge in [0.05, 0.1) is 0 Å². The van der Waals surface area contributed by atoms with Crippen LogP contribution in [0.25, 0.3) is 0 Å². The largest absolute Gasteiger partial charge is 0.326 e. The summed E-state index contributed by atoms with van der Waals surface area (Å²) < 4.78 is 2.17. The standard InChI is InChI=1S/C16H18Br2N2/c17-13-7-3-1-5-11(13)9-15(19)16(20)10-12-6-2-4-8-14(12)18/h1-8,15-16H,9-10,19-20H2/t15-,16-/m0/s1. The van der Waals surface area contributed by atoms with E-state index >= 15 is 0 Å². The van der Waals surface area contributed by atoms with Crippen molar-refractivity contribution in [1.82, 2.24) is 0 Å². The van der Waals surface area contributed by atoms with Gasteiger partial charge in [-0.15, -0.1) is 0 Å². The normalized spacial score (nSPS) is 14.0. The monoisotopic (exact) mass is 396 g/mol. The fraction of sp³-hybridized carbons (Fsp3) is 0.250. The highest BCUT2D eigenvalue weighted by Gasteiger charge is 2.16. The molecule has 4 heteroatoms. The summed E-state index contributed by atoms with van der Waals surface area (Å²) in [5.41, 5.74) is 14.9. The maximum Gasteiger partial charge on any atom is 0.0236 e. The van der Waals surface area contributed by atoms with Crippen molar-refractivity contribution in [3.63, 3.8) is 0 Å². The van der Waals surface area contributed by atoms with Crippen LogP contribution in [-0.2, 0) is 12.8 Å². The summed E-state index contributed by atoms with van der Waals surface area (Å²) in [6.07, 6.45) is 1.54. The molecular weight excluding hydrogens is 380 g/mol. The Balaban J connectivity index is 2.01. The predicted octanol–water partition coefficient (Wildman–Crippen LogP) is 3.65. The smallest absolute Gasteiger partial charge is 0.0236 e. The van der Waals surface area contributed by atoms with Crippen molar-refractivity contribution in [3.8, 4) is 0 Å². The van der Waals surface area contributed by atoms with E-state index in [0.717, 1.165) is 21.8 Å². The van der Waals surface area contributed by atoms with Gasteiger partial charge in [0.2, 0.25) is 0 Å². The molecule has 0 amide bonds. The van der Waals surface area contributed by atoms with Crippen molar-refractivity contribution in [1.29, 1.82) is 0 Å². The van der Waals surface area contributed by atoms with Gasteiger partial charge in [-0.2, -0.15) is 0 Å². The Hall–Kier alpha value is -0.680. The Morgan fingerprint density at radius 1 is 0.700 bits per heavy atom. The fourth-order valence-corrected chi connectivity index (χ4v) is 3.03. The molecule has 0 radical (unpaired) electrons. The van der Waals surface area contributed by atoms with E-state index in [4.69, 9.17) is 11.5 Å². The lowest BCUT2D eigenvalue weighted by molar-refractivity contribution is 0.518. The quantitative estimate of drug-likeness (QED) is 0.808. The molecule has 0 aliphatic rings. The first-order valence-corrected chi connectivity index (χ1v) is 8.14. The van der Waals surface area contributed by atoms with E-state index in [0.29, 0.717) is 0 Å². The maximum atomic E-state index is 6.25. The number of rotatable bonds is 5. The summed E-state index contributed by atoms with van der Waals surface area (Å²) in [7, 11) is 0. The van der Waals surface area contributed by atoms with Gasteiger partial charge in [0.25, 0.3) is 0 Å². The number of hydrogen-bond donors (Lipinski definition) is 2. The van der Waals surface area contributed by atoms with Crippen LogP contribution in [0.4, 0.5) is 0 Å². The second kappa shape index (κ2) is 7.36. The van der Waals surface area contributed by atoms with Gasteiger partial charge in [-0.3, -0.25) is 0 Å². The van der Waals surface area contributed by atoms with Crippen LogP contribution in [0.3, 0.4) is 0 Å². The van der Waals surface area contributed by atoms with Crippen LogP contribution in [0.5, 0.6) is 0 Å². The molecule has 0 bridgehead atoms. The minimum atomic E-state index is -0.0687. The minimum Gasteiger partial charge on any atom is -0.326 e. The van der Waals surface area contributed by atoms with E-state index < -0.39 is 0 Å². The summed E-state index contributed by atoms with van der Waals surface area (Å²) in [6.45, 7) is 0. The third-order valence-electron chi connectivity index (χ3n) is 3.38. The zero-order chi connectivity index (χ0) is 14.5. The Kier molecular flexibility index (Phi) is 5.78. The lowest BCUT2D eigenvalue weighted by atomic mass is 9.95. The van der Waals surface area contributed by atoms with Crippen molar-refractivity contribution in [2.45, 2.75) is 24.9 Å². The zero-order valence-electron chi connectivity index (χ0n) is 11.1. The van der Waals surface area contributed by atoms with Crippen LogP contribution >= 0.6 is 31.9 Å². The van der Waals surface area contributed by atoms with Gasteiger partial charge in [0.15, 0.2) is 0 Å². The molecule has 4 N–H and O–H groups in total. The molecule has 0 saturated heterocycles. The van der Waals surface area contributed by atoms with Crippen molar-refractivity contribution in [3.05, 3.63) is 68.6 Å². The Bertz CT molecular complexity index is 520. The van der Waals surface area contributed by atoms with E-state index in [-0.39, 0.29) is 12.1 Å². The zero-order valence-corrected chi connectivity index (χ0v) is 14.3. The Morgan fingerprint density at radius 2 is 1.05 bits per heavy atom. The fourth-order valence-electron chi connectivity index (χ4n) is 2.14. The van der Waals surface area contributed by atoms with Crippen LogP contribution in [0.1, 0.15) is 11.1 Å². The van der Waals surface area contributed by atoms with Gasteiger partial charge in [-0.25, -0.2) is 0 Å². The molecule has 0 aliphatic heterocycles. The lowest BCUT2D eigenvalue weighted by Gasteiger charge is -2.21. The second-order valence-electron chi connectivity index (χ2n) is 4.92.